The number of rotatable bonds is 5. The lowest BCUT2D eigenvalue weighted by Crippen LogP contribution is -2.47. The molecule has 2 aliphatic heterocycles. The summed E-state index contributed by atoms with van der Waals surface area (Å²) in [6.07, 6.45) is 0.173. The van der Waals surface area contributed by atoms with E-state index in [2.05, 4.69) is 26.9 Å². The second kappa shape index (κ2) is 9.35. The minimum Gasteiger partial charge on any atom is -0.503 e. The number of amides is 1. The Hall–Kier alpha value is -2.83. The second-order valence-corrected chi connectivity index (χ2v) is 9.13. The topological polar surface area (TPSA) is 86.0 Å². The molecule has 2 aromatic carbocycles. The molecule has 0 radical (unpaired) electrons. The number of carbonyl (C=O) groups is 1. The fourth-order valence-corrected chi connectivity index (χ4v) is 5.49. The number of phenolic OH excluding ortho intramolecular Hbond substituents is 1. The van der Waals surface area contributed by atoms with Gasteiger partial charge in [0.1, 0.15) is 5.75 Å². The Balaban J connectivity index is 1.66. The maximum absolute atomic E-state index is 13.1. The van der Waals surface area contributed by atoms with Crippen LogP contribution in [0.3, 0.4) is 0 Å². The highest BCUT2D eigenvalue weighted by atomic mass is 79.9. The van der Waals surface area contributed by atoms with E-state index in [4.69, 9.17) is 9.47 Å². The minimum atomic E-state index is -0.394. The lowest BCUT2D eigenvalue weighted by Gasteiger charge is -2.42. The standard InChI is InChI=1S/C23H22BrN3O4S/c1-3-31-20-9-14(8-19(24)22(20)29)17-10-21(28)27-12-26(13-32-23(27)18(17)11-25)15-4-6-16(30-2)7-5-15/h4-9,17,29H,3,10,12-13H2,1-2H3/t17-/m0/s1. The SMILES string of the molecule is CCOc1cc([C@@H]2CC(=O)N3CN(c4ccc(OC)cc4)CSC3=C2C#N)cc(Br)c1O. The van der Waals surface area contributed by atoms with Crippen LogP contribution in [0, 0.1) is 11.3 Å². The van der Waals surface area contributed by atoms with Crippen molar-refractivity contribution < 1.29 is 19.4 Å². The van der Waals surface area contributed by atoms with E-state index in [0.717, 1.165) is 17.0 Å². The van der Waals surface area contributed by atoms with Gasteiger partial charge in [-0.3, -0.25) is 9.69 Å². The molecule has 4 rings (SSSR count). The van der Waals surface area contributed by atoms with Crippen LogP contribution >= 0.6 is 27.7 Å². The number of hydrogen-bond acceptors (Lipinski definition) is 7. The fraction of sp³-hybridized carbons (Fsp3) is 0.304. The van der Waals surface area contributed by atoms with Gasteiger partial charge in [-0.1, -0.05) is 11.8 Å². The number of nitriles is 1. The summed E-state index contributed by atoms with van der Waals surface area (Å²) in [4.78, 5) is 16.9. The van der Waals surface area contributed by atoms with Crippen LogP contribution in [0.4, 0.5) is 5.69 Å². The zero-order chi connectivity index (χ0) is 22.8. The zero-order valence-electron chi connectivity index (χ0n) is 17.7. The van der Waals surface area contributed by atoms with Gasteiger partial charge in [0, 0.05) is 18.0 Å². The second-order valence-electron chi connectivity index (χ2n) is 7.34. The summed E-state index contributed by atoms with van der Waals surface area (Å²) in [6, 6.07) is 13.5. The van der Waals surface area contributed by atoms with E-state index in [-0.39, 0.29) is 18.1 Å². The van der Waals surface area contributed by atoms with Crippen LogP contribution in [0.5, 0.6) is 17.2 Å². The van der Waals surface area contributed by atoms with Gasteiger partial charge >= 0.3 is 0 Å². The highest BCUT2D eigenvalue weighted by molar-refractivity contribution is 9.10. The Morgan fingerprint density at radius 1 is 1.31 bits per heavy atom. The summed E-state index contributed by atoms with van der Waals surface area (Å²) in [7, 11) is 1.62. The molecule has 9 heteroatoms. The number of aromatic hydroxyl groups is 1. The Morgan fingerprint density at radius 3 is 2.72 bits per heavy atom. The van der Waals surface area contributed by atoms with E-state index >= 15 is 0 Å². The molecule has 2 heterocycles. The Labute approximate surface area is 199 Å². The molecule has 0 saturated carbocycles. The van der Waals surface area contributed by atoms with Crippen molar-refractivity contribution in [1.82, 2.24) is 4.90 Å². The van der Waals surface area contributed by atoms with Crippen LogP contribution in [-0.2, 0) is 4.79 Å². The van der Waals surface area contributed by atoms with Gasteiger partial charge in [-0.05, 0) is 64.8 Å². The molecule has 0 aromatic heterocycles. The van der Waals surface area contributed by atoms with Crippen molar-refractivity contribution in [2.45, 2.75) is 19.3 Å². The van der Waals surface area contributed by atoms with Crippen molar-refractivity contribution in [1.29, 1.82) is 5.26 Å². The molecule has 2 aliphatic rings. The van der Waals surface area contributed by atoms with Crippen LogP contribution in [0.1, 0.15) is 24.8 Å². The molecule has 0 spiro atoms. The summed E-state index contributed by atoms with van der Waals surface area (Å²) in [6.45, 7) is 2.61. The molecule has 166 valence electrons. The molecule has 7 nitrogen and oxygen atoms in total. The lowest BCUT2D eigenvalue weighted by atomic mass is 9.86. The number of carbonyl (C=O) groups excluding carboxylic acids is 1. The molecule has 0 aliphatic carbocycles. The summed E-state index contributed by atoms with van der Waals surface area (Å²) >= 11 is 4.84. The van der Waals surface area contributed by atoms with Gasteiger partial charge in [0.2, 0.25) is 5.91 Å². The predicted octanol–water partition coefficient (Wildman–Crippen LogP) is 4.78. The maximum Gasteiger partial charge on any atom is 0.229 e. The van der Waals surface area contributed by atoms with Gasteiger partial charge in [0.25, 0.3) is 0 Å². The first-order valence-electron chi connectivity index (χ1n) is 10.1. The number of allylic oxidation sites excluding steroid dienone is 1. The van der Waals surface area contributed by atoms with Crippen molar-refractivity contribution in [3.8, 4) is 23.3 Å². The van der Waals surface area contributed by atoms with Crippen molar-refractivity contribution in [2.75, 3.05) is 31.2 Å². The first-order valence-corrected chi connectivity index (χ1v) is 11.9. The van der Waals surface area contributed by atoms with Crippen LogP contribution in [0.2, 0.25) is 0 Å². The van der Waals surface area contributed by atoms with Crippen molar-refractivity contribution in [3.05, 3.63) is 57.0 Å². The van der Waals surface area contributed by atoms with Crippen LogP contribution < -0.4 is 14.4 Å². The van der Waals surface area contributed by atoms with Gasteiger partial charge in [-0.2, -0.15) is 5.26 Å². The van der Waals surface area contributed by atoms with Gasteiger partial charge in [-0.15, -0.1) is 0 Å². The Bertz CT molecular complexity index is 1110. The number of halogens is 1. The molecular formula is C23H22BrN3O4S. The highest BCUT2D eigenvalue weighted by Crippen LogP contribution is 2.46. The number of benzene rings is 2. The van der Waals surface area contributed by atoms with Crippen molar-refractivity contribution in [3.63, 3.8) is 0 Å². The van der Waals surface area contributed by atoms with Gasteiger partial charge < -0.3 is 19.5 Å². The molecule has 32 heavy (non-hydrogen) atoms. The molecule has 2 aromatic rings. The Morgan fingerprint density at radius 2 is 2.06 bits per heavy atom. The molecule has 0 unspecified atom stereocenters. The molecule has 0 bridgehead atoms. The molecule has 1 N–H and O–H groups in total. The van der Waals surface area contributed by atoms with E-state index in [1.165, 1.54) is 11.8 Å². The van der Waals surface area contributed by atoms with Gasteiger partial charge in [-0.25, -0.2) is 0 Å². The predicted molar refractivity (Wildman–Crippen MR) is 127 cm³/mol. The monoisotopic (exact) mass is 515 g/mol. The molecule has 1 atom stereocenters. The average molecular weight is 516 g/mol. The highest BCUT2D eigenvalue weighted by Gasteiger charge is 2.38. The summed E-state index contributed by atoms with van der Waals surface area (Å²) in [5.41, 5.74) is 2.30. The number of hydrogen-bond donors (Lipinski definition) is 1. The van der Waals surface area contributed by atoms with Crippen LogP contribution in [-0.4, -0.2) is 42.2 Å². The third-order valence-electron chi connectivity index (χ3n) is 5.48. The van der Waals surface area contributed by atoms with Crippen LogP contribution in [0.15, 0.2) is 51.5 Å². The van der Waals surface area contributed by atoms with E-state index in [1.807, 2.05) is 31.2 Å². The Kier molecular flexibility index (Phi) is 6.53. The van der Waals surface area contributed by atoms with Crippen LogP contribution in [0.25, 0.3) is 0 Å². The quantitative estimate of drug-likeness (QED) is 0.612. The molecule has 1 fully saturated rings. The number of thioether (sulfide) groups is 1. The van der Waals surface area contributed by atoms with Crippen molar-refractivity contribution >= 4 is 39.3 Å². The number of fused-ring (bicyclic) bond motifs is 1. The minimum absolute atomic E-state index is 0.00713. The average Bonchev–Trinajstić information content (AvgIpc) is 2.82. The van der Waals surface area contributed by atoms with E-state index in [9.17, 15) is 15.2 Å². The largest absolute Gasteiger partial charge is 0.503 e. The number of anilines is 1. The maximum atomic E-state index is 13.1. The smallest absolute Gasteiger partial charge is 0.229 e. The summed E-state index contributed by atoms with van der Waals surface area (Å²) in [5, 5.41) is 20.9. The van der Waals surface area contributed by atoms with Crippen molar-refractivity contribution in [2.24, 2.45) is 0 Å². The van der Waals surface area contributed by atoms with E-state index in [0.29, 0.717) is 40.0 Å². The zero-order valence-corrected chi connectivity index (χ0v) is 20.1. The van der Waals surface area contributed by atoms with Gasteiger partial charge in [0.05, 0.1) is 47.4 Å². The van der Waals surface area contributed by atoms with E-state index in [1.54, 1.807) is 24.1 Å². The third kappa shape index (κ3) is 4.12. The fourth-order valence-electron chi connectivity index (χ4n) is 3.86. The molecule has 1 amide bonds. The number of phenols is 1. The lowest BCUT2D eigenvalue weighted by molar-refractivity contribution is -0.129. The number of ether oxygens (including phenoxy) is 2. The number of nitrogens with zero attached hydrogens (tertiary/aromatic N) is 3. The normalized spacial score (nSPS) is 18.3. The summed E-state index contributed by atoms with van der Waals surface area (Å²) in [5.74, 6) is 1.29. The number of methoxy groups -OCH3 is 1. The summed E-state index contributed by atoms with van der Waals surface area (Å²) < 4.78 is 11.2. The molecule has 1 saturated heterocycles. The van der Waals surface area contributed by atoms with Gasteiger partial charge in [0.15, 0.2) is 11.5 Å². The van der Waals surface area contributed by atoms with E-state index < -0.39 is 5.92 Å². The first kappa shape index (κ1) is 22.4. The third-order valence-corrected chi connectivity index (χ3v) is 7.24. The molecular weight excluding hydrogens is 494 g/mol. The first-order chi connectivity index (χ1) is 15.5.